The number of nitrogens with one attached hydrogen (secondary N) is 1. The standard InChI is InChI=1S/C19H17F3N4O4/c1-12(13-7-5-8-15(10-13)30-19(20,21)22)24-29-11-14-6-3-4-9-16(14)26-17(27)23-25(2)18(26)28/h3-10H,11H2,1-2H3,(H,23,27). The fourth-order valence-corrected chi connectivity index (χ4v) is 2.71. The van der Waals surface area contributed by atoms with Crippen molar-refractivity contribution < 1.29 is 22.7 Å². The second-order valence-corrected chi connectivity index (χ2v) is 6.25. The molecule has 0 bridgehead atoms. The minimum absolute atomic E-state index is 0.0764. The Bertz CT molecular complexity index is 1190. The number of halogens is 3. The maximum Gasteiger partial charge on any atom is 0.573 e. The predicted molar refractivity (Wildman–Crippen MR) is 102 cm³/mol. The highest BCUT2D eigenvalue weighted by atomic mass is 19.4. The minimum atomic E-state index is -4.79. The van der Waals surface area contributed by atoms with Crippen molar-refractivity contribution in [1.29, 1.82) is 0 Å². The van der Waals surface area contributed by atoms with Crippen LogP contribution in [0.2, 0.25) is 0 Å². The van der Waals surface area contributed by atoms with Crippen LogP contribution in [0.4, 0.5) is 13.2 Å². The largest absolute Gasteiger partial charge is 0.573 e. The van der Waals surface area contributed by atoms with Crippen molar-refractivity contribution in [3.05, 3.63) is 80.6 Å². The lowest BCUT2D eigenvalue weighted by Crippen LogP contribution is -2.27. The van der Waals surface area contributed by atoms with Crippen molar-refractivity contribution in [2.45, 2.75) is 19.9 Å². The van der Waals surface area contributed by atoms with E-state index in [2.05, 4.69) is 15.0 Å². The van der Waals surface area contributed by atoms with Crippen molar-refractivity contribution in [1.82, 2.24) is 14.3 Å². The van der Waals surface area contributed by atoms with Crippen LogP contribution in [0.3, 0.4) is 0 Å². The zero-order valence-corrected chi connectivity index (χ0v) is 15.9. The van der Waals surface area contributed by atoms with Gasteiger partial charge in [-0.1, -0.05) is 35.5 Å². The number of nitrogens with zero attached hydrogens (tertiary/aromatic N) is 3. The average Bonchev–Trinajstić information content (AvgIpc) is 2.93. The summed E-state index contributed by atoms with van der Waals surface area (Å²) in [6, 6.07) is 11.9. The van der Waals surface area contributed by atoms with Crippen LogP contribution in [0.1, 0.15) is 18.1 Å². The molecule has 0 saturated carbocycles. The number of benzene rings is 2. The molecule has 0 atom stereocenters. The molecule has 1 aromatic heterocycles. The Morgan fingerprint density at radius 2 is 1.87 bits per heavy atom. The van der Waals surface area contributed by atoms with E-state index >= 15 is 0 Å². The van der Waals surface area contributed by atoms with E-state index in [1.165, 1.54) is 25.2 Å². The fraction of sp³-hybridized carbons (Fsp3) is 0.211. The predicted octanol–water partition coefficient (Wildman–Crippen LogP) is 2.70. The lowest BCUT2D eigenvalue weighted by atomic mass is 10.1. The summed E-state index contributed by atoms with van der Waals surface area (Å²) in [5, 5.41) is 6.28. The molecule has 8 nitrogen and oxygen atoms in total. The van der Waals surface area contributed by atoms with Gasteiger partial charge in [0.05, 0.1) is 11.4 Å². The minimum Gasteiger partial charge on any atom is -0.406 e. The molecule has 0 fully saturated rings. The van der Waals surface area contributed by atoms with E-state index in [0.29, 0.717) is 22.5 Å². The van der Waals surface area contributed by atoms with E-state index in [9.17, 15) is 22.8 Å². The topological polar surface area (TPSA) is 90.6 Å². The summed E-state index contributed by atoms with van der Waals surface area (Å²) in [4.78, 5) is 29.5. The van der Waals surface area contributed by atoms with E-state index in [1.54, 1.807) is 37.3 Å². The van der Waals surface area contributed by atoms with Crippen LogP contribution in [-0.2, 0) is 18.5 Å². The van der Waals surface area contributed by atoms with Gasteiger partial charge in [0.15, 0.2) is 0 Å². The number of aryl methyl sites for hydroxylation is 1. The molecular weight excluding hydrogens is 405 g/mol. The number of para-hydroxylation sites is 1. The first kappa shape index (κ1) is 21.0. The van der Waals surface area contributed by atoms with Crippen LogP contribution in [0.25, 0.3) is 5.69 Å². The van der Waals surface area contributed by atoms with Crippen LogP contribution >= 0.6 is 0 Å². The van der Waals surface area contributed by atoms with Gasteiger partial charge in [0.25, 0.3) is 0 Å². The van der Waals surface area contributed by atoms with Crippen LogP contribution in [-0.4, -0.2) is 26.4 Å². The number of rotatable bonds is 6. The quantitative estimate of drug-likeness (QED) is 0.489. The van der Waals surface area contributed by atoms with Crippen LogP contribution < -0.4 is 16.1 Å². The highest BCUT2D eigenvalue weighted by Gasteiger charge is 2.31. The third-order valence-corrected chi connectivity index (χ3v) is 4.08. The van der Waals surface area contributed by atoms with Crippen LogP contribution in [0, 0.1) is 0 Å². The molecule has 0 radical (unpaired) electrons. The summed E-state index contributed by atoms with van der Waals surface area (Å²) >= 11 is 0. The first-order valence-corrected chi connectivity index (χ1v) is 8.65. The number of oxime groups is 1. The number of hydrogen-bond acceptors (Lipinski definition) is 5. The van der Waals surface area contributed by atoms with Gasteiger partial charge in [0.2, 0.25) is 0 Å². The monoisotopic (exact) mass is 422 g/mol. The molecule has 1 heterocycles. The summed E-state index contributed by atoms with van der Waals surface area (Å²) in [6.07, 6.45) is -4.79. The summed E-state index contributed by atoms with van der Waals surface area (Å²) in [5.41, 5.74) is 0.389. The van der Waals surface area contributed by atoms with Gasteiger partial charge in [-0.2, -0.15) is 0 Å². The molecule has 3 rings (SSSR count). The fourth-order valence-electron chi connectivity index (χ4n) is 2.71. The normalized spacial score (nSPS) is 12.1. The molecule has 0 aliphatic rings. The second kappa shape index (κ2) is 8.31. The second-order valence-electron chi connectivity index (χ2n) is 6.25. The maximum atomic E-state index is 12.4. The van der Waals surface area contributed by atoms with Gasteiger partial charge in [0.1, 0.15) is 12.4 Å². The Morgan fingerprint density at radius 1 is 1.13 bits per heavy atom. The highest BCUT2D eigenvalue weighted by molar-refractivity contribution is 5.98. The average molecular weight is 422 g/mol. The molecule has 1 N–H and O–H groups in total. The molecule has 11 heteroatoms. The van der Waals surface area contributed by atoms with Gasteiger partial charge in [-0.15, -0.1) is 13.2 Å². The molecule has 158 valence electrons. The van der Waals surface area contributed by atoms with Crippen molar-refractivity contribution in [3.63, 3.8) is 0 Å². The molecule has 0 amide bonds. The van der Waals surface area contributed by atoms with E-state index in [0.717, 1.165) is 9.25 Å². The summed E-state index contributed by atoms with van der Waals surface area (Å²) in [5.74, 6) is -0.373. The van der Waals surface area contributed by atoms with Gasteiger partial charge in [-0.3, -0.25) is 0 Å². The number of hydrogen-bond donors (Lipinski definition) is 1. The number of alkyl halides is 3. The summed E-state index contributed by atoms with van der Waals surface area (Å²) in [6.45, 7) is 1.48. The molecule has 2 aromatic carbocycles. The Kier molecular flexibility index (Phi) is 5.81. The molecule has 0 unspecified atom stereocenters. The third kappa shape index (κ3) is 4.80. The summed E-state index contributed by atoms with van der Waals surface area (Å²) in [7, 11) is 1.42. The van der Waals surface area contributed by atoms with Crippen LogP contribution in [0.5, 0.6) is 5.75 Å². The van der Waals surface area contributed by atoms with Gasteiger partial charge in [-0.25, -0.2) is 23.9 Å². The number of H-pyrrole nitrogens is 1. The molecular formula is C19H17F3N4O4. The first-order valence-electron chi connectivity index (χ1n) is 8.65. The SMILES string of the molecule is CC(=NOCc1ccccc1-n1c(=O)[nH]n(C)c1=O)c1cccc(OC(F)(F)F)c1. The number of aromatic amines is 1. The van der Waals surface area contributed by atoms with E-state index in [4.69, 9.17) is 4.84 Å². The van der Waals surface area contributed by atoms with Crippen molar-refractivity contribution >= 4 is 5.71 Å². The van der Waals surface area contributed by atoms with Gasteiger partial charge in [-0.05, 0) is 25.1 Å². The lowest BCUT2D eigenvalue weighted by Gasteiger charge is -2.10. The number of ether oxygens (including phenoxy) is 1. The zero-order valence-electron chi connectivity index (χ0n) is 15.9. The molecule has 0 aliphatic heterocycles. The molecule has 0 saturated heterocycles. The zero-order chi connectivity index (χ0) is 21.9. The third-order valence-electron chi connectivity index (χ3n) is 4.08. The Balaban J connectivity index is 1.79. The van der Waals surface area contributed by atoms with E-state index in [1.807, 2.05) is 0 Å². The Hall–Kier alpha value is -3.76. The Morgan fingerprint density at radius 3 is 2.53 bits per heavy atom. The molecule has 0 aliphatic carbocycles. The molecule has 0 spiro atoms. The lowest BCUT2D eigenvalue weighted by molar-refractivity contribution is -0.274. The van der Waals surface area contributed by atoms with Gasteiger partial charge >= 0.3 is 17.7 Å². The van der Waals surface area contributed by atoms with Crippen molar-refractivity contribution in [3.8, 4) is 11.4 Å². The van der Waals surface area contributed by atoms with Crippen LogP contribution in [0.15, 0.2) is 63.3 Å². The number of aromatic nitrogens is 3. The van der Waals surface area contributed by atoms with E-state index in [-0.39, 0.29) is 12.4 Å². The van der Waals surface area contributed by atoms with Crippen molar-refractivity contribution in [2.24, 2.45) is 12.2 Å². The Labute approximate surface area is 167 Å². The highest BCUT2D eigenvalue weighted by Crippen LogP contribution is 2.23. The summed E-state index contributed by atoms with van der Waals surface area (Å²) < 4.78 is 43.0. The van der Waals surface area contributed by atoms with Gasteiger partial charge < -0.3 is 9.57 Å². The molecule has 30 heavy (non-hydrogen) atoms. The van der Waals surface area contributed by atoms with Gasteiger partial charge in [0, 0.05) is 18.2 Å². The smallest absolute Gasteiger partial charge is 0.406 e. The maximum absolute atomic E-state index is 12.4. The first-order chi connectivity index (χ1) is 14.2. The van der Waals surface area contributed by atoms with E-state index < -0.39 is 17.7 Å². The molecule has 3 aromatic rings. The van der Waals surface area contributed by atoms with Crippen molar-refractivity contribution in [2.75, 3.05) is 0 Å².